The molecule has 72 valence electrons. The van der Waals surface area contributed by atoms with E-state index in [1.165, 1.54) is 12.1 Å². The van der Waals surface area contributed by atoms with E-state index in [0.717, 1.165) is 0 Å². The van der Waals surface area contributed by atoms with E-state index in [2.05, 4.69) is 10.2 Å². The fourth-order valence-corrected chi connectivity index (χ4v) is 1.22. The summed E-state index contributed by atoms with van der Waals surface area (Å²) in [6.45, 7) is 0. The molecule has 0 amide bonds. The Balaban J connectivity index is 2.53. The van der Waals surface area contributed by atoms with Crippen LogP contribution in [0.2, 0.25) is 0 Å². The lowest BCUT2D eigenvalue weighted by atomic mass is 10.1. The minimum Gasteiger partial charge on any atom is -0.504 e. The van der Waals surface area contributed by atoms with Crippen LogP contribution >= 0.6 is 0 Å². The van der Waals surface area contributed by atoms with E-state index in [1.54, 1.807) is 12.3 Å². The summed E-state index contributed by atoms with van der Waals surface area (Å²) in [5.41, 5.74) is 6.99. The van der Waals surface area contributed by atoms with Gasteiger partial charge in [-0.3, -0.25) is 5.10 Å². The Bertz CT molecular complexity index is 465. The molecule has 0 atom stereocenters. The summed E-state index contributed by atoms with van der Waals surface area (Å²) >= 11 is 0. The smallest absolute Gasteiger partial charge is 0.158 e. The van der Waals surface area contributed by atoms with Gasteiger partial charge in [-0.25, -0.2) is 0 Å². The van der Waals surface area contributed by atoms with Crippen LogP contribution in [-0.4, -0.2) is 20.4 Å². The molecule has 1 aromatic heterocycles. The zero-order valence-corrected chi connectivity index (χ0v) is 7.23. The first kappa shape index (κ1) is 8.43. The molecule has 0 bridgehead atoms. The van der Waals surface area contributed by atoms with Crippen LogP contribution in [0.5, 0.6) is 11.5 Å². The van der Waals surface area contributed by atoms with E-state index in [4.69, 9.17) is 10.8 Å². The van der Waals surface area contributed by atoms with Crippen molar-refractivity contribution < 1.29 is 10.2 Å². The lowest BCUT2D eigenvalue weighted by Crippen LogP contribution is -1.87. The van der Waals surface area contributed by atoms with Gasteiger partial charge in [0, 0.05) is 5.56 Å². The summed E-state index contributed by atoms with van der Waals surface area (Å²) in [6.07, 6.45) is 1.56. The molecule has 2 aromatic rings. The van der Waals surface area contributed by atoms with E-state index in [-0.39, 0.29) is 11.5 Å². The van der Waals surface area contributed by atoms with Crippen LogP contribution in [0.3, 0.4) is 0 Å². The van der Waals surface area contributed by atoms with Gasteiger partial charge < -0.3 is 15.9 Å². The zero-order chi connectivity index (χ0) is 10.1. The van der Waals surface area contributed by atoms with Gasteiger partial charge in [-0.2, -0.15) is 5.10 Å². The quantitative estimate of drug-likeness (QED) is 0.507. The van der Waals surface area contributed by atoms with Crippen molar-refractivity contribution in [3.05, 3.63) is 24.4 Å². The highest BCUT2D eigenvalue weighted by Crippen LogP contribution is 2.31. The number of nitrogens with one attached hydrogen (secondary N) is 1. The number of H-pyrrole nitrogens is 1. The van der Waals surface area contributed by atoms with E-state index in [1.807, 2.05) is 0 Å². The lowest BCUT2D eigenvalue weighted by molar-refractivity contribution is 0.404. The average Bonchev–Trinajstić information content (AvgIpc) is 2.57. The Morgan fingerprint density at radius 3 is 2.57 bits per heavy atom. The van der Waals surface area contributed by atoms with Gasteiger partial charge in [-0.15, -0.1) is 0 Å². The molecule has 14 heavy (non-hydrogen) atoms. The van der Waals surface area contributed by atoms with Crippen LogP contribution in [0.25, 0.3) is 11.1 Å². The van der Waals surface area contributed by atoms with Gasteiger partial charge in [0.1, 0.15) is 5.82 Å². The number of nitrogens with zero attached hydrogens (tertiary/aromatic N) is 1. The fraction of sp³-hybridized carbons (Fsp3) is 0. The summed E-state index contributed by atoms with van der Waals surface area (Å²) in [5.74, 6) is 0.0917. The second-order valence-electron chi connectivity index (χ2n) is 2.90. The maximum absolute atomic E-state index is 9.27. The Morgan fingerprint density at radius 2 is 2.00 bits per heavy atom. The minimum absolute atomic E-state index is 0.157. The molecule has 0 spiro atoms. The number of phenols is 2. The molecule has 1 heterocycles. The maximum Gasteiger partial charge on any atom is 0.158 e. The van der Waals surface area contributed by atoms with Crippen LogP contribution in [0.15, 0.2) is 24.4 Å². The summed E-state index contributed by atoms with van der Waals surface area (Å²) < 4.78 is 0. The number of benzene rings is 1. The van der Waals surface area contributed by atoms with Crippen molar-refractivity contribution in [1.82, 2.24) is 10.2 Å². The number of anilines is 1. The molecular weight excluding hydrogens is 182 g/mol. The summed E-state index contributed by atoms with van der Waals surface area (Å²) in [6, 6.07) is 4.48. The van der Waals surface area contributed by atoms with Crippen molar-refractivity contribution in [2.75, 3.05) is 5.73 Å². The summed E-state index contributed by atoms with van der Waals surface area (Å²) in [5, 5.41) is 24.7. The topological polar surface area (TPSA) is 95.2 Å². The highest BCUT2D eigenvalue weighted by Gasteiger charge is 2.06. The second kappa shape index (κ2) is 2.95. The molecule has 5 N–H and O–H groups in total. The molecule has 5 nitrogen and oxygen atoms in total. The minimum atomic E-state index is -0.178. The van der Waals surface area contributed by atoms with Crippen molar-refractivity contribution in [3.63, 3.8) is 0 Å². The van der Waals surface area contributed by atoms with Gasteiger partial charge in [-0.05, 0) is 17.7 Å². The first-order valence-corrected chi connectivity index (χ1v) is 3.99. The Hall–Kier alpha value is -2.17. The number of nitrogen functional groups attached to an aromatic ring is 1. The zero-order valence-electron chi connectivity index (χ0n) is 7.23. The molecule has 0 aliphatic carbocycles. The third kappa shape index (κ3) is 1.24. The van der Waals surface area contributed by atoms with E-state index in [0.29, 0.717) is 16.9 Å². The van der Waals surface area contributed by atoms with Crippen molar-refractivity contribution >= 4 is 5.82 Å². The molecule has 0 aliphatic rings. The Labute approximate surface area is 79.8 Å². The van der Waals surface area contributed by atoms with Crippen LogP contribution in [-0.2, 0) is 0 Å². The summed E-state index contributed by atoms with van der Waals surface area (Å²) in [7, 11) is 0. The average molecular weight is 191 g/mol. The lowest BCUT2D eigenvalue weighted by Gasteiger charge is -2.01. The first-order valence-electron chi connectivity index (χ1n) is 3.99. The molecule has 0 radical (unpaired) electrons. The molecule has 0 saturated carbocycles. The molecule has 0 fully saturated rings. The largest absolute Gasteiger partial charge is 0.504 e. The number of rotatable bonds is 1. The van der Waals surface area contributed by atoms with Gasteiger partial charge in [0.15, 0.2) is 11.5 Å². The normalized spacial score (nSPS) is 10.3. The number of aromatic hydroxyl groups is 2. The van der Waals surface area contributed by atoms with Gasteiger partial charge in [0.2, 0.25) is 0 Å². The third-order valence-corrected chi connectivity index (χ3v) is 1.96. The number of aromatic amines is 1. The predicted octanol–water partition coefficient (Wildman–Crippen LogP) is 1.07. The SMILES string of the molecule is Nc1[nH]ncc1-c1ccc(O)c(O)c1. The number of hydrogen-bond donors (Lipinski definition) is 4. The molecule has 5 heteroatoms. The first-order chi connectivity index (χ1) is 6.68. The molecule has 0 unspecified atom stereocenters. The molecule has 2 rings (SSSR count). The second-order valence-corrected chi connectivity index (χ2v) is 2.90. The highest BCUT2D eigenvalue weighted by molar-refractivity contribution is 5.74. The van der Waals surface area contributed by atoms with Crippen molar-refractivity contribution in [3.8, 4) is 22.6 Å². The summed E-state index contributed by atoms with van der Waals surface area (Å²) in [4.78, 5) is 0. The number of phenolic OH excluding ortho intramolecular Hbond substituents is 2. The van der Waals surface area contributed by atoms with Crippen molar-refractivity contribution in [2.24, 2.45) is 0 Å². The highest BCUT2D eigenvalue weighted by atomic mass is 16.3. The number of aromatic nitrogens is 2. The van der Waals surface area contributed by atoms with Crippen LogP contribution in [0, 0.1) is 0 Å². The molecular formula is C9H9N3O2. The van der Waals surface area contributed by atoms with Gasteiger partial charge in [0.25, 0.3) is 0 Å². The third-order valence-electron chi connectivity index (χ3n) is 1.96. The number of hydrogen-bond acceptors (Lipinski definition) is 4. The van der Waals surface area contributed by atoms with Gasteiger partial charge >= 0.3 is 0 Å². The van der Waals surface area contributed by atoms with Crippen LogP contribution in [0.1, 0.15) is 0 Å². The van der Waals surface area contributed by atoms with E-state index in [9.17, 15) is 5.11 Å². The van der Waals surface area contributed by atoms with Crippen molar-refractivity contribution in [1.29, 1.82) is 0 Å². The molecule has 1 aromatic carbocycles. The molecule has 0 aliphatic heterocycles. The Kier molecular flexibility index (Phi) is 1.78. The van der Waals surface area contributed by atoms with Gasteiger partial charge in [0.05, 0.1) is 6.20 Å². The Morgan fingerprint density at radius 1 is 1.21 bits per heavy atom. The van der Waals surface area contributed by atoms with Crippen LogP contribution < -0.4 is 5.73 Å². The monoisotopic (exact) mass is 191 g/mol. The van der Waals surface area contributed by atoms with Crippen molar-refractivity contribution in [2.45, 2.75) is 0 Å². The van der Waals surface area contributed by atoms with Gasteiger partial charge in [-0.1, -0.05) is 6.07 Å². The molecule has 0 saturated heterocycles. The van der Waals surface area contributed by atoms with E-state index < -0.39 is 0 Å². The van der Waals surface area contributed by atoms with E-state index >= 15 is 0 Å². The van der Waals surface area contributed by atoms with Crippen LogP contribution in [0.4, 0.5) is 5.82 Å². The standard InChI is InChI=1S/C9H9N3O2/c10-9-6(4-11-12-9)5-1-2-7(13)8(14)3-5/h1-4,13-14H,(H3,10,11,12). The fourth-order valence-electron chi connectivity index (χ4n) is 1.22. The maximum atomic E-state index is 9.27. The predicted molar refractivity (Wildman–Crippen MR) is 51.8 cm³/mol. The number of nitrogens with two attached hydrogens (primary N) is 1.